The summed E-state index contributed by atoms with van der Waals surface area (Å²) in [7, 11) is 0. The summed E-state index contributed by atoms with van der Waals surface area (Å²) < 4.78 is 5.37. The molecular weight excluding hydrogens is 264 g/mol. The van der Waals surface area contributed by atoms with E-state index in [4.69, 9.17) is 10.5 Å². The van der Waals surface area contributed by atoms with Crippen molar-refractivity contribution in [2.45, 2.75) is 38.4 Å². The van der Waals surface area contributed by atoms with E-state index >= 15 is 0 Å². The third-order valence-corrected chi connectivity index (χ3v) is 4.72. The molecule has 4 nitrogen and oxygen atoms in total. The number of nitrogens with two attached hydrogens (primary N) is 1. The van der Waals surface area contributed by atoms with Crippen molar-refractivity contribution in [3.63, 3.8) is 0 Å². The van der Waals surface area contributed by atoms with Gasteiger partial charge in [-0.05, 0) is 31.2 Å². The predicted octanol–water partition coefficient (Wildman–Crippen LogP) is 1.79. The molecule has 0 aromatic heterocycles. The minimum Gasteiger partial charge on any atom is -0.379 e. The summed E-state index contributed by atoms with van der Waals surface area (Å²) in [6.45, 7) is 3.79. The number of carbonyl (C=O) groups excluding carboxylic acids is 1. The van der Waals surface area contributed by atoms with E-state index in [9.17, 15) is 4.79 Å². The number of carbonyl (C=O) groups is 1. The third-order valence-electron chi connectivity index (χ3n) is 4.72. The van der Waals surface area contributed by atoms with E-state index < -0.39 is 0 Å². The number of rotatable bonds is 5. The molecule has 1 saturated heterocycles. The first-order valence-electron chi connectivity index (χ1n) is 7.84. The zero-order valence-electron chi connectivity index (χ0n) is 12.6. The maximum absolute atomic E-state index is 12.9. The predicted molar refractivity (Wildman–Crippen MR) is 81.5 cm³/mol. The van der Waals surface area contributed by atoms with Crippen LogP contribution < -0.4 is 5.73 Å². The Morgan fingerprint density at radius 1 is 1.33 bits per heavy atom. The Balaban J connectivity index is 1.76. The van der Waals surface area contributed by atoms with Gasteiger partial charge in [-0.15, -0.1) is 0 Å². The van der Waals surface area contributed by atoms with E-state index in [2.05, 4.69) is 19.1 Å². The monoisotopic (exact) mass is 288 g/mol. The highest BCUT2D eigenvalue weighted by atomic mass is 16.5. The van der Waals surface area contributed by atoms with Gasteiger partial charge in [0.25, 0.3) is 0 Å². The van der Waals surface area contributed by atoms with Gasteiger partial charge in [-0.1, -0.05) is 30.3 Å². The minimum atomic E-state index is -0.185. The average molecular weight is 288 g/mol. The Kier molecular flexibility index (Phi) is 4.27. The standard InChI is InChI=1S/C17H24N2O2/c1-12(14-7-8-14)19(9-13-5-3-2-4-6-13)17(20)15-10-21-11-16(15)18/h2-6,12,14-16H,7-11,18H2,1H3. The molecule has 1 heterocycles. The van der Waals surface area contributed by atoms with Gasteiger partial charge in [-0.3, -0.25) is 4.79 Å². The first kappa shape index (κ1) is 14.5. The lowest BCUT2D eigenvalue weighted by atomic mass is 10.00. The Hall–Kier alpha value is -1.39. The lowest BCUT2D eigenvalue weighted by Crippen LogP contribution is -2.47. The third kappa shape index (κ3) is 3.27. The molecule has 2 N–H and O–H groups in total. The van der Waals surface area contributed by atoms with Crippen LogP contribution in [0.2, 0.25) is 0 Å². The highest BCUT2D eigenvalue weighted by Crippen LogP contribution is 2.36. The second-order valence-electron chi connectivity index (χ2n) is 6.34. The summed E-state index contributed by atoms with van der Waals surface area (Å²) in [5, 5.41) is 0. The molecular formula is C17H24N2O2. The number of ether oxygens (including phenoxy) is 1. The zero-order valence-corrected chi connectivity index (χ0v) is 12.6. The Bertz CT molecular complexity index is 487. The molecule has 1 aromatic rings. The smallest absolute Gasteiger partial charge is 0.230 e. The number of hydrogen-bond donors (Lipinski definition) is 1. The molecule has 1 aliphatic heterocycles. The van der Waals surface area contributed by atoms with Crippen molar-refractivity contribution >= 4 is 5.91 Å². The summed E-state index contributed by atoms with van der Waals surface area (Å²) in [5.41, 5.74) is 7.20. The van der Waals surface area contributed by atoms with Crippen molar-refractivity contribution in [3.8, 4) is 0 Å². The second kappa shape index (κ2) is 6.16. The van der Waals surface area contributed by atoms with Crippen LogP contribution in [-0.2, 0) is 16.1 Å². The lowest BCUT2D eigenvalue weighted by molar-refractivity contribution is -0.139. The van der Waals surface area contributed by atoms with Gasteiger partial charge in [0.2, 0.25) is 5.91 Å². The molecule has 1 aliphatic carbocycles. The molecule has 21 heavy (non-hydrogen) atoms. The van der Waals surface area contributed by atoms with Gasteiger partial charge in [0, 0.05) is 18.6 Å². The molecule has 1 amide bonds. The van der Waals surface area contributed by atoms with Gasteiger partial charge < -0.3 is 15.4 Å². The molecule has 2 aliphatic rings. The minimum absolute atomic E-state index is 0.156. The van der Waals surface area contributed by atoms with Gasteiger partial charge in [0.15, 0.2) is 0 Å². The van der Waals surface area contributed by atoms with Gasteiger partial charge >= 0.3 is 0 Å². The van der Waals surface area contributed by atoms with Crippen molar-refractivity contribution in [2.24, 2.45) is 17.6 Å². The van der Waals surface area contributed by atoms with Crippen LogP contribution in [0, 0.1) is 11.8 Å². The lowest BCUT2D eigenvalue weighted by Gasteiger charge is -2.32. The molecule has 1 aromatic carbocycles. The zero-order chi connectivity index (χ0) is 14.8. The Morgan fingerprint density at radius 2 is 2.05 bits per heavy atom. The number of hydrogen-bond acceptors (Lipinski definition) is 3. The highest BCUT2D eigenvalue weighted by molar-refractivity contribution is 5.80. The molecule has 0 radical (unpaired) electrons. The molecule has 2 fully saturated rings. The first-order chi connectivity index (χ1) is 10.2. The van der Waals surface area contributed by atoms with Crippen molar-refractivity contribution in [3.05, 3.63) is 35.9 Å². The average Bonchev–Trinajstić information content (AvgIpc) is 3.26. The second-order valence-corrected chi connectivity index (χ2v) is 6.34. The summed E-state index contributed by atoms with van der Waals surface area (Å²) in [6, 6.07) is 10.3. The van der Waals surface area contributed by atoms with Crippen LogP contribution in [-0.4, -0.2) is 36.1 Å². The van der Waals surface area contributed by atoms with Gasteiger partial charge in [-0.2, -0.15) is 0 Å². The normalized spacial score (nSPS) is 26.6. The van der Waals surface area contributed by atoms with Crippen LogP contribution in [0.5, 0.6) is 0 Å². The van der Waals surface area contributed by atoms with Crippen LogP contribution in [0.4, 0.5) is 0 Å². The van der Waals surface area contributed by atoms with Crippen LogP contribution >= 0.6 is 0 Å². The summed E-state index contributed by atoms with van der Waals surface area (Å²) in [6.07, 6.45) is 2.46. The molecule has 4 heteroatoms. The molecule has 3 unspecified atom stereocenters. The maximum Gasteiger partial charge on any atom is 0.230 e. The fourth-order valence-electron chi connectivity index (χ4n) is 3.07. The Labute approximate surface area is 126 Å². The van der Waals surface area contributed by atoms with Crippen molar-refractivity contribution in [2.75, 3.05) is 13.2 Å². The first-order valence-corrected chi connectivity index (χ1v) is 7.84. The van der Waals surface area contributed by atoms with E-state index in [0.29, 0.717) is 25.7 Å². The molecule has 114 valence electrons. The number of amides is 1. The maximum atomic E-state index is 12.9. The molecule has 0 spiro atoms. The van der Waals surface area contributed by atoms with Crippen LogP contribution in [0.25, 0.3) is 0 Å². The van der Waals surface area contributed by atoms with Crippen LogP contribution in [0.1, 0.15) is 25.3 Å². The molecule has 3 rings (SSSR count). The topological polar surface area (TPSA) is 55.6 Å². The Morgan fingerprint density at radius 3 is 2.62 bits per heavy atom. The SMILES string of the molecule is CC(C1CC1)N(Cc1ccccc1)C(=O)C1COCC1N. The van der Waals surface area contributed by atoms with Crippen molar-refractivity contribution in [1.29, 1.82) is 0 Å². The van der Waals surface area contributed by atoms with E-state index in [0.717, 1.165) is 0 Å². The highest BCUT2D eigenvalue weighted by Gasteiger charge is 2.40. The largest absolute Gasteiger partial charge is 0.379 e. The fourth-order valence-corrected chi connectivity index (χ4v) is 3.07. The van der Waals surface area contributed by atoms with Gasteiger partial charge in [-0.25, -0.2) is 0 Å². The van der Waals surface area contributed by atoms with Crippen LogP contribution in [0.3, 0.4) is 0 Å². The van der Waals surface area contributed by atoms with E-state index in [-0.39, 0.29) is 23.9 Å². The van der Waals surface area contributed by atoms with Gasteiger partial charge in [0.1, 0.15) is 0 Å². The molecule has 1 saturated carbocycles. The summed E-state index contributed by atoms with van der Waals surface area (Å²) in [4.78, 5) is 14.9. The van der Waals surface area contributed by atoms with Crippen LogP contribution in [0.15, 0.2) is 30.3 Å². The van der Waals surface area contributed by atoms with Crippen molar-refractivity contribution < 1.29 is 9.53 Å². The number of nitrogens with zero attached hydrogens (tertiary/aromatic N) is 1. The van der Waals surface area contributed by atoms with E-state index in [1.165, 1.54) is 18.4 Å². The quantitative estimate of drug-likeness (QED) is 0.898. The van der Waals surface area contributed by atoms with E-state index in [1.54, 1.807) is 0 Å². The van der Waals surface area contributed by atoms with Gasteiger partial charge in [0.05, 0.1) is 19.1 Å². The summed E-state index contributed by atoms with van der Waals surface area (Å²) in [5.74, 6) is 0.620. The summed E-state index contributed by atoms with van der Waals surface area (Å²) >= 11 is 0. The fraction of sp³-hybridized carbons (Fsp3) is 0.588. The molecule has 0 bridgehead atoms. The van der Waals surface area contributed by atoms with Crippen molar-refractivity contribution in [1.82, 2.24) is 4.90 Å². The van der Waals surface area contributed by atoms with E-state index in [1.807, 2.05) is 23.1 Å². The number of benzene rings is 1. The molecule has 3 atom stereocenters.